The van der Waals surface area contributed by atoms with E-state index in [4.69, 9.17) is 5.11 Å². The number of likely N-dealkylation sites (tertiary alicyclic amines) is 1. The number of pyridine rings is 1. The minimum Gasteiger partial charge on any atom is -0.506 e. The molecule has 2 heterocycles. The number of nitrogens with zero attached hydrogens (tertiary/aromatic N) is 2. The first kappa shape index (κ1) is 12.3. The SMILES string of the molecule is O=C(O)CC1CCN(C(=O)c2cncc(O)c2)C1. The molecule has 1 amide bonds. The lowest BCUT2D eigenvalue weighted by Gasteiger charge is -2.16. The predicted molar refractivity (Wildman–Crippen MR) is 62.2 cm³/mol. The van der Waals surface area contributed by atoms with Gasteiger partial charge in [0.15, 0.2) is 0 Å². The van der Waals surface area contributed by atoms with Crippen molar-refractivity contribution in [2.24, 2.45) is 5.92 Å². The van der Waals surface area contributed by atoms with E-state index in [-0.39, 0.29) is 24.0 Å². The molecule has 1 aliphatic heterocycles. The second-order valence-corrected chi connectivity index (χ2v) is 4.44. The molecule has 1 aliphatic rings. The minimum atomic E-state index is -0.840. The van der Waals surface area contributed by atoms with Crippen LogP contribution in [0.25, 0.3) is 0 Å². The lowest BCUT2D eigenvalue weighted by Crippen LogP contribution is -2.29. The van der Waals surface area contributed by atoms with Gasteiger partial charge in [-0.05, 0) is 18.4 Å². The molecule has 0 spiro atoms. The molecule has 18 heavy (non-hydrogen) atoms. The summed E-state index contributed by atoms with van der Waals surface area (Å²) >= 11 is 0. The van der Waals surface area contributed by atoms with Crippen molar-refractivity contribution < 1.29 is 19.8 Å². The summed E-state index contributed by atoms with van der Waals surface area (Å²) in [6.45, 7) is 0.993. The number of aliphatic carboxylic acids is 1. The fourth-order valence-electron chi connectivity index (χ4n) is 2.16. The molecule has 1 saturated heterocycles. The average molecular weight is 250 g/mol. The van der Waals surface area contributed by atoms with E-state index >= 15 is 0 Å². The third-order valence-corrected chi connectivity index (χ3v) is 3.01. The van der Waals surface area contributed by atoms with Crippen LogP contribution in [0.15, 0.2) is 18.5 Å². The molecule has 0 aliphatic carbocycles. The fraction of sp³-hybridized carbons (Fsp3) is 0.417. The molecule has 0 radical (unpaired) electrons. The second kappa shape index (κ2) is 5.03. The van der Waals surface area contributed by atoms with Crippen LogP contribution in [0, 0.1) is 5.92 Å². The molecule has 1 unspecified atom stereocenters. The van der Waals surface area contributed by atoms with Gasteiger partial charge in [-0.25, -0.2) is 0 Å². The van der Waals surface area contributed by atoms with Gasteiger partial charge in [0.05, 0.1) is 11.8 Å². The second-order valence-electron chi connectivity index (χ2n) is 4.44. The number of carboxylic acid groups (broad SMARTS) is 1. The summed E-state index contributed by atoms with van der Waals surface area (Å²) in [4.78, 5) is 28.0. The molecule has 0 saturated carbocycles. The largest absolute Gasteiger partial charge is 0.506 e. The number of hydrogen-bond donors (Lipinski definition) is 2. The first-order valence-electron chi connectivity index (χ1n) is 5.71. The van der Waals surface area contributed by atoms with Crippen molar-refractivity contribution in [2.75, 3.05) is 13.1 Å². The quantitative estimate of drug-likeness (QED) is 0.825. The Kier molecular flexibility index (Phi) is 3.45. The predicted octanol–water partition coefficient (Wildman–Crippen LogP) is 0.724. The zero-order chi connectivity index (χ0) is 13.1. The molecule has 1 aromatic heterocycles. The minimum absolute atomic E-state index is 0.0109. The van der Waals surface area contributed by atoms with Crippen LogP contribution in [0.3, 0.4) is 0 Å². The van der Waals surface area contributed by atoms with E-state index in [0.29, 0.717) is 25.1 Å². The Labute approximate surface area is 104 Å². The molecule has 96 valence electrons. The molecule has 1 aromatic rings. The summed E-state index contributed by atoms with van der Waals surface area (Å²) in [6.07, 6.45) is 3.44. The van der Waals surface area contributed by atoms with Crippen molar-refractivity contribution in [2.45, 2.75) is 12.8 Å². The number of amides is 1. The van der Waals surface area contributed by atoms with Crippen molar-refractivity contribution >= 4 is 11.9 Å². The normalized spacial score (nSPS) is 18.9. The number of hydrogen-bond acceptors (Lipinski definition) is 4. The maximum absolute atomic E-state index is 12.1. The maximum Gasteiger partial charge on any atom is 0.303 e. The van der Waals surface area contributed by atoms with Crippen molar-refractivity contribution in [1.82, 2.24) is 9.88 Å². The van der Waals surface area contributed by atoms with Crippen LogP contribution in [-0.4, -0.2) is 45.1 Å². The zero-order valence-electron chi connectivity index (χ0n) is 9.74. The Bertz CT molecular complexity index is 475. The molecule has 6 nitrogen and oxygen atoms in total. The van der Waals surface area contributed by atoms with Crippen LogP contribution in [-0.2, 0) is 4.79 Å². The Hall–Kier alpha value is -2.11. The summed E-state index contributed by atoms with van der Waals surface area (Å²) in [5, 5.41) is 18.0. The Morgan fingerprint density at radius 3 is 2.89 bits per heavy atom. The van der Waals surface area contributed by atoms with Crippen LogP contribution < -0.4 is 0 Å². The Morgan fingerprint density at radius 2 is 2.22 bits per heavy atom. The Balaban J connectivity index is 2.01. The van der Waals surface area contributed by atoms with Crippen molar-refractivity contribution in [1.29, 1.82) is 0 Å². The van der Waals surface area contributed by atoms with E-state index < -0.39 is 5.97 Å². The highest BCUT2D eigenvalue weighted by Gasteiger charge is 2.28. The molecule has 0 aromatic carbocycles. The third kappa shape index (κ3) is 2.77. The number of carboxylic acids is 1. The molecule has 1 atom stereocenters. The van der Waals surface area contributed by atoms with Crippen molar-refractivity contribution in [3.05, 3.63) is 24.0 Å². The van der Waals surface area contributed by atoms with Crippen LogP contribution in [0.2, 0.25) is 0 Å². The molecule has 2 rings (SSSR count). The third-order valence-electron chi connectivity index (χ3n) is 3.01. The maximum atomic E-state index is 12.1. The van der Waals surface area contributed by atoms with Gasteiger partial charge < -0.3 is 15.1 Å². The van der Waals surface area contributed by atoms with Crippen LogP contribution in [0.4, 0.5) is 0 Å². The van der Waals surface area contributed by atoms with Gasteiger partial charge in [0.1, 0.15) is 5.75 Å². The highest BCUT2D eigenvalue weighted by atomic mass is 16.4. The van der Waals surface area contributed by atoms with Crippen LogP contribution in [0.5, 0.6) is 5.75 Å². The van der Waals surface area contributed by atoms with Gasteiger partial charge in [0.25, 0.3) is 5.91 Å². The van der Waals surface area contributed by atoms with Gasteiger partial charge in [-0.3, -0.25) is 14.6 Å². The summed E-state index contributed by atoms with van der Waals surface area (Å²) in [6, 6.07) is 1.36. The topological polar surface area (TPSA) is 90.7 Å². The molecule has 2 N–H and O–H groups in total. The first-order valence-corrected chi connectivity index (χ1v) is 5.71. The van der Waals surface area contributed by atoms with E-state index in [1.54, 1.807) is 4.90 Å². The van der Waals surface area contributed by atoms with E-state index in [9.17, 15) is 14.7 Å². The lowest BCUT2D eigenvalue weighted by atomic mass is 10.1. The number of carbonyl (C=O) groups excluding carboxylic acids is 1. The Morgan fingerprint density at radius 1 is 1.44 bits per heavy atom. The van der Waals surface area contributed by atoms with Gasteiger partial charge in [-0.1, -0.05) is 0 Å². The van der Waals surface area contributed by atoms with E-state index in [1.807, 2.05) is 0 Å². The smallest absolute Gasteiger partial charge is 0.303 e. The van der Waals surface area contributed by atoms with Crippen LogP contribution >= 0.6 is 0 Å². The van der Waals surface area contributed by atoms with Crippen molar-refractivity contribution in [3.8, 4) is 5.75 Å². The van der Waals surface area contributed by atoms with Crippen molar-refractivity contribution in [3.63, 3.8) is 0 Å². The number of rotatable bonds is 3. The molecule has 6 heteroatoms. The summed E-state index contributed by atoms with van der Waals surface area (Å²) in [5.74, 6) is -1.10. The number of aromatic nitrogens is 1. The molecular formula is C12H14N2O4. The zero-order valence-corrected chi connectivity index (χ0v) is 9.74. The van der Waals surface area contributed by atoms with Crippen LogP contribution in [0.1, 0.15) is 23.2 Å². The summed E-state index contributed by atoms with van der Waals surface area (Å²) in [7, 11) is 0. The van der Waals surface area contributed by atoms with E-state index in [1.165, 1.54) is 18.5 Å². The summed E-state index contributed by atoms with van der Waals surface area (Å²) in [5.41, 5.74) is 0.325. The molecule has 0 bridgehead atoms. The highest BCUT2D eigenvalue weighted by molar-refractivity contribution is 5.94. The standard InChI is InChI=1S/C12H14N2O4/c15-10-4-9(5-13-6-10)12(18)14-2-1-8(7-14)3-11(16)17/h4-6,8,15H,1-3,7H2,(H,16,17). The van der Waals surface area contributed by atoms with E-state index in [0.717, 1.165) is 0 Å². The van der Waals surface area contributed by atoms with Gasteiger partial charge in [0, 0.05) is 25.7 Å². The van der Waals surface area contributed by atoms with E-state index in [2.05, 4.69) is 4.98 Å². The average Bonchev–Trinajstić information content (AvgIpc) is 2.75. The van der Waals surface area contributed by atoms with Gasteiger partial charge in [-0.15, -0.1) is 0 Å². The lowest BCUT2D eigenvalue weighted by molar-refractivity contribution is -0.138. The van der Waals surface area contributed by atoms with Gasteiger partial charge in [0.2, 0.25) is 0 Å². The number of carbonyl (C=O) groups is 2. The first-order chi connectivity index (χ1) is 8.56. The molecule has 1 fully saturated rings. The van der Waals surface area contributed by atoms with Gasteiger partial charge in [-0.2, -0.15) is 0 Å². The monoisotopic (exact) mass is 250 g/mol. The van der Waals surface area contributed by atoms with Gasteiger partial charge >= 0.3 is 5.97 Å². The number of aromatic hydroxyl groups is 1. The molecular weight excluding hydrogens is 236 g/mol. The highest BCUT2D eigenvalue weighted by Crippen LogP contribution is 2.22. The fourth-order valence-corrected chi connectivity index (χ4v) is 2.16. The summed E-state index contributed by atoms with van der Waals surface area (Å²) < 4.78 is 0.